The van der Waals surface area contributed by atoms with E-state index in [9.17, 15) is 44.4 Å². The maximum absolute atomic E-state index is 14.6. The zero-order chi connectivity index (χ0) is 83.5. The summed E-state index contributed by atoms with van der Waals surface area (Å²) in [6.45, 7) is 17.8. The molecule has 1 aromatic carbocycles. The molecule has 9 rings (SSSR count). The van der Waals surface area contributed by atoms with Gasteiger partial charge in [-0.3, -0.25) is 24.0 Å². The first-order valence-corrected chi connectivity index (χ1v) is 40.9. The molecule has 2 amide bonds. The van der Waals surface area contributed by atoms with Crippen molar-refractivity contribution in [3.63, 3.8) is 0 Å². The lowest BCUT2D eigenvalue weighted by Crippen LogP contribution is -2.63. The third-order valence-corrected chi connectivity index (χ3v) is 22.5. The monoisotopic (exact) mass is 1620 g/mol. The lowest BCUT2D eigenvalue weighted by atomic mass is 9.78. The highest BCUT2D eigenvalue weighted by Gasteiger charge is 2.57. The van der Waals surface area contributed by atoms with E-state index in [4.69, 9.17) is 73.1 Å². The molecular weight excluding hydrogens is 1500 g/mol. The van der Waals surface area contributed by atoms with Gasteiger partial charge in [0.05, 0.1) is 121 Å². The number of Topliss-reactive ketones (excluding diaryl/α,β-unsaturated/α-hetero) is 3. The maximum atomic E-state index is 14.6. The van der Waals surface area contributed by atoms with Crippen LogP contribution in [0.15, 0.2) is 82.7 Å². The van der Waals surface area contributed by atoms with Crippen molar-refractivity contribution >= 4 is 63.1 Å². The molecule has 1 unspecified atom stereocenters. The summed E-state index contributed by atoms with van der Waals surface area (Å²) in [6, 6.07) is 4.50. The van der Waals surface area contributed by atoms with Gasteiger partial charge in [-0.25, -0.2) is 19.3 Å². The first kappa shape index (κ1) is 92.2. The van der Waals surface area contributed by atoms with Crippen LogP contribution in [0.2, 0.25) is 0 Å². The summed E-state index contributed by atoms with van der Waals surface area (Å²) in [5.41, 5.74) is 16.9. The number of ketones is 3. The van der Waals surface area contributed by atoms with E-state index in [-0.39, 0.29) is 112 Å². The molecule has 33 nitrogen and oxygen atoms in total. The number of carbonyl (C=O) groups excluding carboxylic acids is 5. The summed E-state index contributed by atoms with van der Waals surface area (Å²) in [6.07, 6.45) is 13.6. The van der Waals surface area contributed by atoms with Gasteiger partial charge in [0.25, 0.3) is 17.7 Å². The lowest BCUT2D eigenvalue weighted by molar-refractivity contribution is -0.360. The number of aliphatic hydroxyl groups is 4. The number of unbranched alkanes of at least 4 members (excludes halogenated alkanes) is 1. The van der Waals surface area contributed by atoms with Crippen LogP contribution in [0.5, 0.6) is 0 Å². The number of nitrogens with two attached hydrogens (primary N) is 2. The van der Waals surface area contributed by atoms with Crippen LogP contribution in [0.3, 0.4) is 0 Å². The van der Waals surface area contributed by atoms with Crippen LogP contribution in [-0.2, 0) is 95.8 Å². The van der Waals surface area contributed by atoms with E-state index >= 15 is 0 Å². The van der Waals surface area contributed by atoms with Gasteiger partial charge >= 0.3 is 0 Å². The Morgan fingerprint density at radius 3 is 2.28 bits per heavy atom. The Labute approximate surface area is 678 Å². The first-order chi connectivity index (χ1) is 55.7. The van der Waals surface area contributed by atoms with Crippen molar-refractivity contribution in [3.8, 4) is 11.3 Å². The number of nitrogens with zero attached hydrogens (tertiary/aromatic N) is 9. The number of ether oxygens (including phenoxy) is 11. The van der Waals surface area contributed by atoms with Crippen molar-refractivity contribution < 1.29 is 101 Å². The number of hydrogen-bond acceptors (Lipinski definition) is 29. The van der Waals surface area contributed by atoms with Crippen molar-refractivity contribution in [2.75, 3.05) is 112 Å². The molecule has 0 radical (unpaired) electrons. The van der Waals surface area contributed by atoms with Gasteiger partial charge in [-0.1, -0.05) is 76.3 Å². The molecule has 1 aliphatic carbocycles. The number of piperidine rings is 1. The molecule has 0 spiro atoms. The Hall–Kier alpha value is -7.71. The number of carbonyl (C=O) groups is 5. The topological polar surface area (TPSA) is 435 Å². The van der Waals surface area contributed by atoms with E-state index in [1.165, 1.54) is 25.4 Å². The van der Waals surface area contributed by atoms with E-state index in [2.05, 4.69) is 30.6 Å². The van der Waals surface area contributed by atoms with Gasteiger partial charge in [0, 0.05) is 90.0 Å². The third kappa shape index (κ3) is 26.1. The summed E-state index contributed by atoms with van der Waals surface area (Å²) in [5.74, 6) is -10.0. The van der Waals surface area contributed by atoms with Crippen molar-refractivity contribution in [2.45, 2.75) is 225 Å². The van der Waals surface area contributed by atoms with Crippen molar-refractivity contribution in [1.29, 1.82) is 0 Å². The molecule has 4 aliphatic rings. The van der Waals surface area contributed by atoms with Crippen LogP contribution in [0.1, 0.15) is 150 Å². The van der Waals surface area contributed by atoms with Gasteiger partial charge in [-0.2, -0.15) is 10.1 Å². The summed E-state index contributed by atoms with van der Waals surface area (Å²) in [4.78, 5) is 84.2. The highest BCUT2D eigenvalue weighted by atomic mass is 16.7. The number of benzene rings is 1. The highest BCUT2D eigenvalue weighted by Crippen LogP contribution is 2.43. The van der Waals surface area contributed by atoms with Gasteiger partial charge in [0.1, 0.15) is 47.0 Å². The Balaban J connectivity index is 0.665. The number of anilines is 2. The maximum Gasteiger partial charge on any atom is 0.296 e. The number of fused-ring (bicyclic) bond motifs is 5. The molecule has 1 saturated carbocycles. The van der Waals surface area contributed by atoms with E-state index in [0.717, 1.165) is 24.8 Å². The number of hydrogen-bond donors (Lipinski definition) is 7. The van der Waals surface area contributed by atoms with E-state index in [1.807, 2.05) is 57.2 Å². The molecule has 2 bridgehead atoms. The Bertz CT molecular complexity index is 4090. The van der Waals surface area contributed by atoms with Gasteiger partial charge in [-0.05, 0) is 132 Å². The van der Waals surface area contributed by atoms with E-state index in [1.54, 1.807) is 68.6 Å². The van der Waals surface area contributed by atoms with Gasteiger partial charge in [0.2, 0.25) is 11.7 Å². The number of allylic oxidation sites excluding steroid dienone is 6. The molecule has 3 fully saturated rings. The SMILES string of the molecule is CO[C@H]1C[C@]2(O)CC[C@@H](C)[C@@](O)(O2)C(=O)C(=O)N2CCCC[C@H]2C(O)O[C@H]([C@H](C)C[C@@H]2CC[C@@H](OCCOCc3cn(CCOCCOCCOCCOCCC(=O)NCCCCn4nc(-c5ccc6oc(N)nc6c5)c5c(N)ncnc54)nn3)[C@H](OC)C2)CC(=O)[C@H](C)/C=C(\C)[C@@H](O)[C@@H](OC)C(=O)[C@H](C)C[C@H](C)/C=C/C=CC=C1C. The second-order valence-electron chi connectivity index (χ2n) is 31.4. The molecule has 4 aromatic heterocycles. The lowest BCUT2D eigenvalue weighted by Gasteiger charge is -2.47. The molecule has 7 heterocycles. The minimum Gasteiger partial charge on any atom is -0.424 e. The molecule has 642 valence electrons. The molecule has 5 aromatic rings. The summed E-state index contributed by atoms with van der Waals surface area (Å²) < 4.78 is 73.9. The fourth-order valence-corrected chi connectivity index (χ4v) is 15.7. The number of amides is 2. The molecular formula is C83H124N12O21. The first-order valence-electron chi connectivity index (χ1n) is 40.9. The molecule has 3 aliphatic heterocycles. The molecule has 16 atom stereocenters. The fourth-order valence-electron chi connectivity index (χ4n) is 15.7. The van der Waals surface area contributed by atoms with Crippen LogP contribution in [0.4, 0.5) is 11.8 Å². The number of nitrogen functional groups attached to an aromatic ring is 2. The summed E-state index contributed by atoms with van der Waals surface area (Å²) in [7, 11) is 4.50. The average molecular weight is 1630 g/mol. The number of rotatable bonds is 33. The Morgan fingerprint density at radius 1 is 0.802 bits per heavy atom. The highest BCUT2D eigenvalue weighted by molar-refractivity contribution is 6.39. The number of aliphatic hydroxyl groups excluding tert-OH is 2. The average Bonchev–Trinajstić information content (AvgIpc) is 1.52. The molecule has 2 saturated heterocycles. The second kappa shape index (κ2) is 45.5. The van der Waals surface area contributed by atoms with E-state index in [0.29, 0.717) is 168 Å². The van der Waals surface area contributed by atoms with Crippen LogP contribution in [0, 0.1) is 35.5 Å². The third-order valence-electron chi connectivity index (χ3n) is 22.5. The molecule has 116 heavy (non-hydrogen) atoms. The zero-order valence-corrected chi connectivity index (χ0v) is 69.1. The van der Waals surface area contributed by atoms with Crippen molar-refractivity contribution in [3.05, 3.63) is 84.0 Å². The van der Waals surface area contributed by atoms with Crippen molar-refractivity contribution in [2.24, 2.45) is 35.5 Å². The molecule has 9 N–H and O–H groups in total. The van der Waals surface area contributed by atoms with Gasteiger partial charge in [-0.15, -0.1) is 5.10 Å². The minimum atomic E-state index is -2.73. The number of oxazole rings is 1. The summed E-state index contributed by atoms with van der Waals surface area (Å²) in [5, 5.41) is 64.9. The van der Waals surface area contributed by atoms with Gasteiger partial charge < -0.3 is 98.6 Å². The second-order valence-corrected chi connectivity index (χ2v) is 31.4. The number of aromatic nitrogens is 8. The normalized spacial score (nSPS) is 28.5. The Kier molecular flexibility index (Phi) is 36.1. The van der Waals surface area contributed by atoms with Crippen LogP contribution in [-0.4, -0.2) is 255 Å². The smallest absolute Gasteiger partial charge is 0.296 e. The zero-order valence-electron chi connectivity index (χ0n) is 69.1. The quantitative estimate of drug-likeness (QED) is 0.0123. The largest absolute Gasteiger partial charge is 0.424 e. The van der Waals surface area contributed by atoms with Crippen LogP contribution >= 0.6 is 0 Å². The number of aryl methyl sites for hydroxylation is 1. The number of nitrogens with one attached hydrogen (secondary N) is 1. The van der Waals surface area contributed by atoms with Crippen LogP contribution < -0.4 is 16.8 Å². The molecule has 33 heteroatoms. The summed E-state index contributed by atoms with van der Waals surface area (Å²) >= 11 is 0. The fraction of sp³-hybridized carbons (Fsp3) is 0.675. The predicted octanol–water partition coefficient (Wildman–Crippen LogP) is 7.29. The number of methoxy groups -OCH3 is 3. The van der Waals surface area contributed by atoms with Crippen LogP contribution in [0.25, 0.3) is 33.4 Å². The minimum absolute atomic E-state index is 0.0386. The Morgan fingerprint density at radius 2 is 1.54 bits per heavy atom. The standard InChI is InChI=1S/C83H124N12O21/c1-52-18-12-11-13-19-53(2)69(106-9)48-82(103)27-25-58(7)83(104,116-82)76(100)79(101)94-29-16-14-20-63(94)80(102)114-67(47-64(96)54(3)43-57(6)74(99)75(107-10)73(98)56(5)42-52)55(4)44-59-21-23-66(68(45-59)105-8)113-41-40-112-50-61-49-93(92-90-61)31-33-109-35-37-111-39-38-110-36-34-108-32-26-70(97)86-28-15-17-30-95-78-71(77(84)87-51-88-78)72(91-95)60-22-24-65-62(46-60)89-81(85)115-65/h11-13,18-19,22,24,43,46,49,51-52,54-56,58-59,63,66-69,74-75,80,99,102-104H,14-17,20-21,23,25-42,44-45,47-48,50H2,1-10H3,(H2,85,89)(H,86,97)(H2,84,87,88)/b13-11?,18-12+,53-19?,57-43+/t52-,54-,55-,56-,58-,59+,63+,66-,67+,68-,69+,74-,75+,80?,82+,83-/m1/s1. The predicted molar refractivity (Wildman–Crippen MR) is 428 cm³/mol. The van der Waals surface area contributed by atoms with Gasteiger partial charge in [0.15, 0.2) is 29.1 Å². The van der Waals surface area contributed by atoms with Crippen molar-refractivity contribution in [1.82, 2.24) is 49.9 Å². The van der Waals surface area contributed by atoms with E-state index < -0.39 is 77.8 Å².